The summed E-state index contributed by atoms with van der Waals surface area (Å²) in [5.74, 6) is 0.747. The molecule has 0 aliphatic heterocycles. The maximum atomic E-state index is 7.38. The Labute approximate surface area is 106 Å². The van der Waals surface area contributed by atoms with Crippen molar-refractivity contribution in [3.05, 3.63) is 54.0 Å². The van der Waals surface area contributed by atoms with Gasteiger partial charge in [-0.25, -0.2) is 4.98 Å². The summed E-state index contributed by atoms with van der Waals surface area (Å²) < 4.78 is 0. The van der Waals surface area contributed by atoms with Crippen LogP contribution in [0.1, 0.15) is 11.4 Å². The predicted octanol–water partition coefficient (Wildman–Crippen LogP) is 1.40. The number of anilines is 1. The third kappa shape index (κ3) is 2.82. The molecule has 3 N–H and O–H groups in total. The first-order chi connectivity index (χ1) is 8.66. The average Bonchev–Trinajstić information content (AvgIpc) is 2.40. The van der Waals surface area contributed by atoms with Gasteiger partial charge in [-0.05, 0) is 24.3 Å². The van der Waals surface area contributed by atoms with Gasteiger partial charge in [0.1, 0.15) is 17.3 Å². The largest absolute Gasteiger partial charge is 0.382 e. The van der Waals surface area contributed by atoms with E-state index in [1.165, 1.54) is 0 Å². The highest BCUT2D eigenvalue weighted by molar-refractivity contribution is 5.93. The molecule has 0 radical (unpaired) electrons. The summed E-state index contributed by atoms with van der Waals surface area (Å²) in [5.41, 5.74) is 6.88. The Morgan fingerprint density at radius 1 is 1.28 bits per heavy atom. The third-order valence-corrected chi connectivity index (χ3v) is 2.53. The van der Waals surface area contributed by atoms with Gasteiger partial charge in [0.15, 0.2) is 0 Å². The number of hydrogen-bond acceptors (Lipinski definition) is 4. The van der Waals surface area contributed by atoms with E-state index in [0.717, 1.165) is 11.5 Å². The number of aromatic nitrogens is 2. The molecule has 0 saturated heterocycles. The van der Waals surface area contributed by atoms with Crippen LogP contribution in [0.5, 0.6) is 0 Å². The zero-order valence-electron chi connectivity index (χ0n) is 10.2. The van der Waals surface area contributed by atoms with Crippen molar-refractivity contribution in [1.82, 2.24) is 9.97 Å². The number of nitrogens with zero attached hydrogens (tertiary/aromatic N) is 3. The lowest BCUT2D eigenvalue weighted by Crippen LogP contribution is -2.20. The van der Waals surface area contributed by atoms with Gasteiger partial charge >= 0.3 is 0 Å². The molecule has 2 aromatic heterocycles. The van der Waals surface area contributed by atoms with E-state index in [9.17, 15) is 0 Å². The second-order valence-electron chi connectivity index (χ2n) is 3.97. The highest BCUT2D eigenvalue weighted by atomic mass is 15.2. The van der Waals surface area contributed by atoms with Gasteiger partial charge in [-0.2, -0.15) is 0 Å². The van der Waals surface area contributed by atoms with Crippen LogP contribution >= 0.6 is 0 Å². The number of amidine groups is 1. The van der Waals surface area contributed by atoms with Crippen LogP contribution in [-0.4, -0.2) is 22.9 Å². The van der Waals surface area contributed by atoms with E-state index in [4.69, 9.17) is 11.1 Å². The van der Waals surface area contributed by atoms with Gasteiger partial charge in [0.25, 0.3) is 0 Å². The standard InChI is InChI=1S/C13H15N5/c1-18(9-10-5-2-3-8-16-10)12-7-4-6-11(17-12)13(14)15/h2-8H,9H2,1H3,(H3,14,15). The molecule has 0 aromatic carbocycles. The first-order valence-corrected chi connectivity index (χ1v) is 5.59. The molecule has 5 nitrogen and oxygen atoms in total. The second kappa shape index (κ2) is 5.27. The first-order valence-electron chi connectivity index (χ1n) is 5.59. The van der Waals surface area contributed by atoms with Crippen LogP contribution in [0.15, 0.2) is 42.6 Å². The van der Waals surface area contributed by atoms with Gasteiger partial charge in [-0.1, -0.05) is 12.1 Å². The van der Waals surface area contributed by atoms with E-state index in [0.29, 0.717) is 12.2 Å². The van der Waals surface area contributed by atoms with E-state index < -0.39 is 0 Å². The Bertz CT molecular complexity index is 538. The van der Waals surface area contributed by atoms with E-state index >= 15 is 0 Å². The quantitative estimate of drug-likeness (QED) is 0.626. The van der Waals surface area contributed by atoms with Crippen LogP contribution in [0.4, 0.5) is 5.82 Å². The highest BCUT2D eigenvalue weighted by Gasteiger charge is 2.06. The number of nitrogen functional groups attached to an aromatic ring is 1. The molecular weight excluding hydrogens is 226 g/mol. The number of nitrogens with one attached hydrogen (secondary N) is 1. The third-order valence-electron chi connectivity index (χ3n) is 2.53. The smallest absolute Gasteiger partial charge is 0.141 e. The number of nitrogens with two attached hydrogens (primary N) is 1. The number of pyridine rings is 2. The molecule has 0 spiro atoms. The minimum atomic E-state index is -0.0249. The fourth-order valence-corrected chi connectivity index (χ4v) is 1.60. The van der Waals surface area contributed by atoms with Crippen LogP contribution in [0.2, 0.25) is 0 Å². The van der Waals surface area contributed by atoms with E-state index in [2.05, 4.69) is 9.97 Å². The highest BCUT2D eigenvalue weighted by Crippen LogP contribution is 2.12. The molecule has 5 heteroatoms. The molecule has 92 valence electrons. The monoisotopic (exact) mass is 241 g/mol. The molecule has 0 saturated carbocycles. The minimum absolute atomic E-state index is 0.0249. The molecule has 2 heterocycles. The lowest BCUT2D eigenvalue weighted by atomic mass is 10.3. The minimum Gasteiger partial charge on any atom is -0.382 e. The first kappa shape index (κ1) is 12.0. The van der Waals surface area contributed by atoms with Crippen LogP contribution < -0.4 is 10.6 Å². The van der Waals surface area contributed by atoms with Crippen molar-refractivity contribution in [3.63, 3.8) is 0 Å². The van der Waals surface area contributed by atoms with Crippen molar-refractivity contribution in [3.8, 4) is 0 Å². The van der Waals surface area contributed by atoms with Gasteiger partial charge < -0.3 is 10.6 Å². The number of rotatable bonds is 4. The Morgan fingerprint density at radius 3 is 2.78 bits per heavy atom. The maximum absolute atomic E-state index is 7.38. The maximum Gasteiger partial charge on any atom is 0.141 e. The van der Waals surface area contributed by atoms with Crippen molar-refractivity contribution in [2.24, 2.45) is 5.73 Å². The molecule has 0 unspecified atom stereocenters. The normalized spacial score (nSPS) is 10.1. The molecule has 0 atom stereocenters. The summed E-state index contributed by atoms with van der Waals surface area (Å²) in [6.07, 6.45) is 1.77. The summed E-state index contributed by atoms with van der Waals surface area (Å²) in [5, 5.41) is 7.38. The van der Waals surface area contributed by atoms with E-state index in [1.54, 1.807) is 12.3 Å². The zero-order chi connectivity index (χ0) is 13.0. The molecule has 2 rings (SSSR count). The summed E-state index contributed by atoms with van der Waals surface area (Å²) in [4.78, 5) is 10.5. The molecular formula is C13H15N5. The fourth-order valence-electron chi connectivity index (χ4n) is 1.60. The van der Waals surface area contributed by atoms with Crippen molar-refractivity contribution in [1.29, 1.82) is 5.41 Å². The lowest BCUT2D eigenvalue weighted by Gasteiger charge is -2.18. The molecule has 2 aromatic rings. The zero-order valence-corrected chi connectivity index (χ0v) is 10.2. The molecule has 0 fully saturated rings. The van der Waals surface area contributed by atoms with Gasteiger partial charge in [-0.15, -0.1) is 0 Å². The van der Waals surface area contributed by atoms with Crippen LogP contribution in [-0.2, 0) is 6.54 Å². The number of hydrogen-bond donors (Lipinski definition) is 2. The van der Waals surface area contributed by atoms with Gasteiger partial charge in [0, 0.05) is 13.2 Å². The van der Waals surface area contributed by atoms with Crippen molar-refractivity contribution < 1.29 is 0 Å². The van der Waals surface area contributed by atoms with Gasteiger partial charge in [0.2, 0.25) is 0 Å². The summed E-state index contributed by atoms with van der Waals surface area (Å²) >= 11 is 0. The fraction of sp³-hybridized carbons (Fsp3) is 0.154. The Morgan fingerprint density at radius 2 is 2.11 bits per heavy atom. The van der Waals surface area contributed by atoms with Crippen LogP contribution in [0, 0.1) is 5.41 Å². The molecule has 0 amide bonds. The molecule has 0 aliphatic carbocycles. The van der Waals surface area contributed by atoms with Crippen LogP contribution in [0.25, 0.3) is 0 Å². The summed E-state index contributed by atoms with van der Waals surface area (Å²) in [6, 6.07) is 11.3. The van der Waals surface area contributed by atoms with Crippen LogP contribution in [0.3, 0.4) is 0 Å². The van der Waals surface area contributed by atoms with Gasteiger partial charge in [-0.3, -0.25) is 10.4 Å². The van der Waals surface area contributed by atoms with E-state index in [-0.39, 0.29) is 5.84 Å². The predicted molar refractivity (Wildman–Crippen MR) is 71.6 cm³/mol. The second-order valence-corrected chi connectivity index (χ2v) is 3.97. The van der Waals surface area contributed by atoms with E-state index in [1.807, 2.05) is 42.3 Å². The lowest BCUT2D eigenvalue weighted by molar-refractivity contribution is 0.864. The molecule has 0 aliphatic rings. The van der Waals surface area contributed by atoms with Crippen molar-refractivity contribution >= 4 is 11.7 Å². The summed E-state index contributed by atoms with van der Waals surface area (Å²) in [6.45, 7) is 0.662. The Balaban J connectivity index is 2.16. The average molecular weight is 241 g/mol. The molecule has 0 bridgehead atoms. The summed E-state index contributed by atoms with van der Waals surface area (Å²) in [7, 11) is 1.93. The van der Waals surface area contributed by atoms with Crippen molar-refractivity contribution in [2.45, 2.75) is 6.54 Å². The molecule has 18 heavy (non-hydrogen) atoms. The SMILES string of the molecule is CN(Cc1ccccn1)c1cccc(C(=N)N)n1. The Hall–Kier alpha value is -2.43. The van der Waals surface area contributed by atoms with Crippen molar-refractivity contribution in [2.75, 3.05) is 11.9 Å². The topological polar surface area (TPSA) is 78.9 Å². The Kier molecular flexibility index (Phi) is 3.52. The van der Waals surface area contributed by atoms with Gasteiger partial charge in [0.05, 0.1) is 12.2 Å².